The third-order valence-electron chi connectivity index (χ3n) is 2.28. The number of aromatic nitrogens is 3. The van der Waals surface area contributed by atoms with Crippen molar-refractivity contribution in [2.24, 2.45) is 0 Å². The molecule has 0 aliphatic rings. The van der Waals surface area contributed by atoms with Crippen molar-refractivity contribution in [2.45, 2.75) is 6.54 Å². The summed E-state index contributed by atoms with van der Waals surface area (Å²) < 4.78 is 6.94. The second-order valence-electron chi connectivity index (χ2n) is 3.38. The van der Waals surface area contributed by atoms with Crippen LogP contribution < -0.4 is 5.32 Å². The molecule has 3 rings (SSSR count). The first kappa shape index (κ1) is 8.96. The molecule has 16 heavy (non-hydrogen) atoms. The molecule has 0 radical (unpaired) electrons. The van der Waals surface area contributed by atoms with Gasteiger partial charge in [-0.1, -0.05) is 0 Å². The van der Waals surface area contributed by atoms with Crippen molar-refractivity contribution >= 4 is 11.5 Å². The van der Waals surface area contributed by atoms with Crippen molar-refractivity contribution in [3.05, 3.63) is 48.7 Å². The number of hydrogen-bond acceptors (Lipinski definition) is 4. The Morgan fingerprint density at radius 1 is 1.31 bits per heavy atom. The van der Waals surface area contributed by atoms with E-state index >= 15 is 0 Å². The van der Waals surface area contributed by atoms with Gasteiger partial charge < -0.3 is 9.73 Å². The van der Waals surface area contributed by atoms with Crippen molar-refractivity contribution in [1.29, 1.82) is 0 Å². The van der Waals surface area contributed by atoms with Crippen LogP contribution in [0, 0.1) is 0 Å². The molecule has 0 amide bonds. The molecule has 0 saturated heterocycles. The second-order valence-corrected chi connectivity index (χ2v) is 3.38. The minimum Gasteiger partial charge on any atom is -0.467 e. The van der Waals surface area contributed by atoms with Crippen molar-refractivity contribution in [3.63, 3.8) is 0 Å². The number of furan rings is 1. The van der Waals surface area contributed by atoms with Crippen LogP contribution in [0.1, 0.15) is 5.76 Å². The lowest BCUT2D eigenvalue weighted by Crippen LogP contribution is -2.02. The van der Waals surface area contributed by atoms with E-state index in [0.717, 1.165) is 17.2 Å². The van der Waals surface area contributed by atoms with Gasteiger partial charge in [0.15, 0.2) is 5.65 Å². The van der Waals surface area contributed by atoms with Gasteiger partial charge in [-0.2, -0.15) is 0 Å². The summed E-state index contributed by atoms with van der Waals surface area (Å²) in [4.78, 5) is 4.12. The molecule has 80 valence electrons. The summed E-state index contributed by atoms with van der Waals surface area (Å²) in [5, 5.41) is 7.51. The van der Waals surface area contributed by atoms with Crippen LogP contribution in [0.25, 0.3) is 5.65 Å². The molecule has 3 aromatic rings. The highest BCUT2D eigenvalue weighted by molar-refractivity contribution is 5.43. The molecular formula is C11H10N4O. The fourth-order valence-corrected chi connectivity index (χ4v) is 1.50. The van der Waals surface area contributed by atoms with Crippen LogP contribution in [-0.4, -0.2) is 14.6 Å². The molecule has 0 bridgehead atoms. The maximum Gasteiger partial charge on any atom is 0.153 e. The van der Waals surface area contributed by atoms with Crippen LogP contribution in [0.3, 0.4) is 0 Å². The first-order valence-corrected chi connectivity index (χ1v) is 4.98. The zero-order valence-electron chi connectivity index (χ0n) is 8.50. The van der Waals surface area contributed by atoms with Crippen LogP contribution in [0.15, 0.2) is 47.3 Å². The standard InChI is InChI=1S/C11H10N4O/c1-2-9(16-7-1)8-13-10-3-4-11-12-5-6-15(11)14-10/h1-7H,8H2,(H,13,14). The number of hydrogen-bond donors (Lipinski definition) is 1. The Balaban J connectivity index is 1.78. The molecule has 0 spiro atoms. The van der Waals surface area contributed by atoms with Crippen molar-refractivity contribution in [1.82, 2.24) is 14.6 Å². The van der Waals surface area contributed by atoms with E-state index in [0.29, 0.717) is 6.54 Å². The quantitative estimate of drug-likeness (QED) is 0.723. The van der Waals surface area contributed by atoms with E-state index < -0.39 is 0 Å². The van der Waals surface area contributed by atoms with Gasteiger partial charge in [0.2, 0.25) is 0 Å². The SMILES string of the molecule is c1coc(CNc2ccc3nccn3n2)c1. The van der Waals surface area contributed by atoms with Gasteiger partial charge >= 0.3 is 0 Å². The monoisotopic (exact) mass is 214 g/mol. The average molecular weight is 214 g/mol. The molecule has 0 aromatic carbocycles. The maximum absolute atomic E-state index is 5.22. The van der Waals surface area contributed by atoms with Crippen LogP contribution >= 0.6 is 0 Å². The number of anilines is 1. The van der Waals surface area contributed by atoms with Gasteiger partial charge in [0.25, 0.3) is 0 Å². The Morgan fingerprint density at radius 3 is 3.19 bits per heavy atom. The van der Waals surface area contributed by atoms with Gasteiger partial charge in [0.1, 0.15) is 11.6 Å². The average Bonchev–Trinajstić information content (AvgIpc) is 2.97. The minimum absolute atomic E-state index is 0.625. The molecular weight excluding hydrogens is 204 g/mol. The molecule has 3 aromatic heterocycles. The van der Waals surface area contributed by atoms with Crippen molar-refractivity contribution in [3.8, 4) is 0 Å². The van der Waals surface area contributed by atoms with E-state index in [2.05, 4.69) is 15.4 Å². The fraction of sp³-hybridized carbons (Fsp3) is 0.0909. The van der Waals surface area contributed by atoms with Gasteiger partial charge in [0, 0.05) is 12.4 Å². The minimum atomic E-state index is 0.625. The van der Waals surface area contributed by atoms with Crippen LogP contribution in [-0.2, 0) is 6.54 Å². The highest BCUT2D eigenvalue weighted by Gasteiger charge is 1.99. The van der Waals surface area contributed by atoms with Gasteiger partial charge in [-0.05, 0) is 24.3 Å². The van der Waals surface area contributed by atoms with E-state index in [4.69, 9.17) is 4.42 Å². The topological polar surface area (TPSA) is 55.4 Å². The molecule has 5 nitrogen and oxygen atoms in total. The van der Waals surface area contributed by atoms with Gasteiger partial charge in [-0.15, -0.1) is 5.10 Å². The lowest BCUT2D eigenvalue weighted by Gasteiger charge is -2.03. The van der Waals surface area contributed by atoms with Crippen molar-refractivity contribution in [2.75, 3.05) is 5.32 Å². The van der Waals surface area contributed by atoms with Crippen LogP contribution in [0.2, 0.25) is 0 Å². The first-order valence-electron chi connectivity index (χ1n) is 4.98. The van der Waals surface area contributed by atoms with Gasteiger partial charge in [-0.3, -0.25) is 0 Å². The molecule has 0 aliphatic carbocycles. The predicted molar refractivity (Wildman–Crippen MR) is 59.0 cm³/mol. The third kappa shape index (κ3) is 1.63. The fourth-order valence-electron chi connectivity index (χ4n) is 1.50. The van der Waals surface area contributed by atoms with E-state index in [9.17, 15) is 0 Å². The van der Waals surface area contributed by atoms with Crippen molar-refractivity contribution < 1.29 is 4.42 Å². The lowest BCUT2D eigenvalue weighted by atomic mass is 10.4. The van der Waals surface area contributed by atoms with Gasteiger partial charge in [-0.25, -0.2) is 9.50 Å². The highest BCUT2D eigenvalue weighted by atomic mass is 16.3. The smallest absolute Gasteiger partial charge is 0.153 e. The predicted octanol–water partition coefficient (Wildman–Crippen LogP) is 1.93. The summed E-state index contributed by atoms with van der Waals surface area (Å²) in [6, 6.07) is 7.59. The highest BCUT2D eigenvalue weighted by Crippen LogP contribution is 2.07. The Bertz CT molecular complexity index is 585. The second kappa shape index (κ2) is 3.69. The van der Waals surface area contributed by atoms with E-state index in [1.165, 1.54) is 0 Å². The molecule has 1 N–H and O–H groups in total. The van der Waals surface area contributed by atoms with E-state index in [-0.39, 0.29) is 0 Å². The largest absolute Gasteiger partial charge is 0.467 e. The van der Waals surface area contributed by atoms with Crippen LogP contribution in [0.4, 0.5) is 5.82 Å². The number of imidazole rings is 1. The zero-order valence-corrected chi connectivity index (χ0v) is 8.50. The summed E-state index contributed by atoms with van der Waals surface area (Å²) in [5.41, 5.74) is 0.837. The summed E-state index contributed by atoms with van der Waals surface area (Å²) in [6.45, 7) is 0.625. The van der Waals surface area contributed by atoms with Crippen LogP contribution in [0.5, 0.6) is 0 Å². The Hall–Kier alpha value is -2.30. The molecule has 0 atom stereocenters. The Kier molecular flexibility index (Phi) is 2.07. The third-order valence-corrected chi connectivity index (χ3v) is 2.28. The summed E-state index contributed by atoms with van der Waals surface area (Å²) >= 11 is 0. The lowest BCUT2D eigenvalue weighted by molar-refractivity contribution is 0.517. The normalized spacial score (nSPS) is 10.8. The molecule has 0 fully saturated rings. The maximum atomic E-state index is 5.22. The number of rotatable bonds is 3. The Labute approximate surface area is 91.7 Å². The van der Waals surface area contributed by atoms with E-state index in [1.807, 2.05) is 30.5 Å². The van der Waals surface area contributed by atoms with E-state index in [1.54, 1.807) is 17.0 Å². The van der Waals surface area contributed by atoms with Gasteiger partial charge in [0.05, 0.1) is 12.8 Å². The number of fused-ring (bicyclic) bond motifs is 1. The summed E-state index contributed by atoms with van der Waals surface area (Å²) in [7, 11) is 0. The Morgan fingerprint density at radius 2 is 2.31 bits per heavy atom. The zero-order chi connectivity index (χ0) is 10.8. The number of nitrogens with zero attached hydrogens (tertiary/aromatic N) is 3. The summed E-state index contributed by atoms with van der Waals surface area (Å²) in [6.07, 6.45) is 5.19. The molecule has 0 aliphatic heterocycles. The molecule has 3 heterocycles. The molecule has 0 unspecified atom stereocenters. The first-order chi connectivity index (χ1) is 7.92. The summed E-state index contributed by atoms with van der Waals surface area (Å²) in [5.74, 6) is 1.68. The number of nitrogens with one attached hydrogen (secondary N) is 1. The molecule has 5 heteroatoms. The molecule has 0 saturated carbocycles.